The first kappa shape index (κ1) is 10.7. The molecule has 1 aliphatic rings. The predicted molar refractivity (Wildman–Crippen MR) is 57.6 cm³/mol. The topological polar surface area (TPSA) is 29.3 Å². The van der Waals surface area contributed by atoms with Gasteiger partial charge in [-0.15, -0.1) is 6.58 Å². The fourth-order valence-electron chi connectivity index (χ4n) is 1.97. The van der Waals surface area contributed by atoms with Crippen LogP contribution < -0.4 is 5.73 Å². The lowest BCUT2D eigenvalue weighted by Crippen LogP contribution is -2.40. The van der Waals surface area contributed by atoms with Gasteiger partial charge in [0.15, 0.2) is 0 Å². The molecule has 0 atom stereocenters. The zero-order chi connectivity index (χ0) is 9.73. The number of nitrogens with zero attached hydrogens (tertiary/aromatic N) is 1. The van der Waals surface area contributed by atoms with Gasteiger partial charge in [-0.1, -0.05) is 12.5 Å². The molecule has 0 aromatic heterocycles. The number of likely N-dealkylation sites (N-methyl/N-ethyl adjacent to an activating group) is 1. The summed E-state index contributed by atoms with van der Waals surface area (Å²) in [4.78, 5) is 2.31. The van der Waals surface area contributed by atoms with Crippen LogP contribution in [0.2, 0.25) is 0 Å². The Bertz CT molecular complexity index is 156. The summed E-state index contributed by atoms with van der Waals surface area (Å²) in [6, 6.07) is 0. The number of hydrogen-bond donors (Lipinski definition) is 1. The summed E-state index contributed by atoms with van der Waals surface area (Å²) in [5, 5.41) is 0. The SMILES string of the molecule is C=CCN(C)CCC1(CN)CCC1. The van der Waals surface area contributed by atoms with E-state index in [2.05, 4.69) is 18.5 Å². The van der Waals surface area contributed by atoms with Crippen molar-refractivity contribution in [1.29, 1.82) is 0 Å². The average molecular weight is 182 g/mol. The monoisotopic (exact) mass is 182 g/mol. The van der Waals surface area contributed by atoms with Gasteiger partial charge in [0, 0.05) is 6.54 Å². The molecule has 0 aromatic carbocycles. The minimum absolute atomic E-state index is 0.495. The van der Waals surface area contributed by atoms with Crippen molar-refractivity contribution in [2.45, 2.75) is 25.7 Å². The third kappa shape index (κ3) is 2.82. The molecule has 0 aromatic rings. The lowest BCUT2D eigenvalue weighted by molar-refractivity contribution is 0.114. The van der Waals surface area contributed by atoms with Crippen molar-refractivity contribution in [3.63, 3.8) is 0 Å². The molecule has 0 radical (unpaired) electrons. The van der Waals surface area contributed by atoms with E-state index in [9.17, 15) is 0 Å². The molecule has 0 heterocycles. The van der Waals surface area contributed by atoms with Crippen LogP contribution in [-0.4, -0.2) is 31.6 Å². The molecule has 1 fully saturated rings. The van der Waals surface area contributed by atoms with Gasteiger partial charge in [0.2, 0.25) is 0 Å². The maximum absolute atomic E-state index is 5.79. The van der Waals surface area contributed by atoms with Crippen molar-refractivity contribution in [2.75, 3.05) is 26.7 Å². The van der Waals surface area contributed by atoms with E-state index in [-0.39, 0.29) is 0 Å². The van der Waals surface area contributed by atoms with Gasteiger partial charge in [0.1, 0.15) is 0 Å². The highest BCUT2D eigenvalue weighted by Crippen LogP contribution is 2.42. The Morgan fingerprint density at radius 3 is 2.62 bits per heavy atom. The molecule has 1 saturated carbocycles. The van der Waals surface area contributed by atoms with E-state index in [1.165, 1.54) is 25.7 Å². The number of hydrogen-bond acceptors (Lipinski definition) is 2. The third-order valence-corrected chi connectivity index (χ3v) is 3.31. The highest BCUT2D eigenvalue weighted by Gasteiger charge is 2.34. The fourth-order valence-corrected chi connectivity index (χ4v) is 1.97. The van der Waals surface area contributed by atoms with Gasteiger partial charge in [0.25, 0.3) is 0 Å². The molecule has 2 heteroatoms. The van der Waals surface area contributed by atoms with E-state index < -0.39 is 0 Å². The molecule has 76 valence electrons. The van der Waals surface area contributed by atoms with Crippen LogP contribution in [0, 0.1) is 5.41 Å². The molecule has 13 heavy (non-hydrogen) atoms. The van der Waals surface area contributed by atoms with E-state index in [1.54, 1.807) is 0 Å². The molecule has 1 rings (SSSR count). The molecule has 2 N–H and O–H groups in total. The summed E-state index contributed by atoms with van der Waals surface area (Å²) < 4.78 is 0. The Morgan fingerprint density at radius 1 is 1.54 bits per heavy atom. The summed E-state index contributed by atoms with van der Waals surface area (Å²) in [7, 11) is 2.14. The van der Waals surface area contributed by atoms with Crippen LogP contribution in [-0.2, 0) is 0 Å². The summed E-state index contributed by atoms with van der Waals surface area (Å²) in [5.41, 5.74) is 6.29. The third-order valence-electron chi connectivity index (χ3n) is 3.31. The minimum Gasteiger partial charge on any atom is -0.330 e. The van der Waals surface area contributed by atoms with Crippen LogP contribution in [0.1, 0.15) is 25.7 Å². The van der Waals surface area contributed by atoms with Gasteiger partial charge in [-0.05, 0) is 44.8 Å². The van der Waals surface area contributed by atoms with E-state index >= 15 is 0 Å². The number of nitrogens with two attached hydrogens (primary N) is 1. The summed E-state index contributed by atoms with van der Waals surface area (Å²) >= 11 is 0. The second-order valence-electron chi connectivity index (χ2n) is 4.36. The largest absolute Gasteiger partial charge is 0.330 e. The molecule has 0 unspecified atom stereocenters. The maximum Gasteiger partial charge on any atom is 0.0157 e. The van der Waals surface area contributed by atoms with Gasteiger partial charge in [-0.3, -0.25) is 0 Å². The molecule has 0 spiro atoms. The van der Waals surface area contributed by atoms with Crippen molar-refractivity contribution in [1.82, 2.24) is 4.90 Å². The van der Waals surface area contributed by atoms with E-state index in [1.807, 2.05) is 6.08 Å². The first-order valence-corrected chi connectivity index (χ1v) is 5.22. The zero-order valence-electron chi connectivity index (χ0n) is 8.76. The van der Waals surface area contributed by atoms with Gasteiger partial charge in [-0.25, -0.2) is 0 Å². The Balaban J connectivity index is 2.20. The van der Waals surface area contributed by atoms with Crippen LogP contribution in [0.25, 0.3) is 0 Å². The smallest absolute Gasteiger partial charge is 0.0157 e. The maximum atomic E-state index is 5.79. The van der Waals surface area contributed by atoms with Crippen molar-refractivity contribution in [3.05, 3.63) is 12.7 Å². The summed E-state index contributed by atoms with van der Waals surface area (Å²) in [6.07, 6.45) is 7.27. The van der Waals surface area contributed by atoms with Gasteiger partial charge >= 0.3 is 0 Å². The normalized spacial score (nSPS) is 19.9. The molecule has 0 aliphatic heterocycles. The van der Waals surface area contributed by atoms with Crippen LogP contribution in [0.15, 0.2) is 12.7 Å². The second kappa shape index (κ2) is 4.77. The fraction of sp³-hybridized carbons (Fsp3) is 0.818. The zero-order valence-corrected chi connectivity index (χ0v) is 8.76. The van der Waals surface area contributed by atoms with Crippen LogP contribution in [0.5, 0.6) is 0 Å². The van der Waals surface area contributed by atoms with Crippen molar-refractivity contribution >= 4 is 0 Å². The summed E-state index contributed by atoms with van der Waals surface area (Å²) in [5.74, 6) is 0. The molecule has 0 bridgehead atoms. The molecule has 2 nitrogen and oxygen atoms in total. The minimum atomic E-state index is 0.495. The Kier molecular flexibility index (Phi) is 3.94. The van der Waals surface area contributed by atoms with Crippen molar-refractivity contribution in [2.24, 2.45) is 11.1 Å². The van der Waals surface area contributed by atoms with Crippen LogP contribution in [0.4, 0.5) is 0 Å². The highest BCUT2D eigenvalue weighted by molar-refractivity contribution is 4.89. The standard InChI is InChI=1S/C11H22N2/c1-3-8-13(2)9-7-11(10-12)5-4-6-11/h3H,1,4-10,12H2,2H3. The van der Waals surface area contributed by atoms with E-state index in [0.29, 0.717) is 5.41 Å². The van der Waals surface area contributed by atoms with Crippen LogP contribution in [0.3, 0.4) is 0 Å². The predicted octanol–water partition coefficient (Wildman–Crippen LogP) is 1.62. The lowest BCUT2D eigenvalue weighted by Gasteiger charge is -2.42. The molecular formula is C11H22N2. The average Bonchev–Trinajstić information content (AvgIpc) is 2.04. The van der Waals surface area contributed by atoms with Crippen molar-refractivity contribution in [3.8, 4) is 0 Å². The number of rotatable bonds is 6. The van der Waals surface area contributed by atoms with E-state index in [4.69, 9.17) is 5.73 Å². The molecule has 1 aliphatic carbocycles. The Hall–Kier alpha value is -0.340. The highest BCUT2D eigenvalue weighted by atomic mass is 15.1. The Labute approximate surface area is 81.8 Å². The second-order valence-corrected chi connectivity index (χ2v) is 4.36. The van der Waals surface area contributed by atoms with Crippen LogP contribution >= 0.6 is 0 Å². The molecule has 0 amide bonds. The first-order valence-electron chi connectivity index (χ1n) is 5.22. The van der Waals surface area contributed by atoms with Gasteiger partial charge < -0.3 is 10.6 Å². The molecular weight excluding hydrogens is 160 g/mol. The Morgan fingerprint density at radius 2 is 2.23 bits per heavy atom. The lowest BCUT2D eigenvalue weighted by atomic mass is 9.67. The summed E-state index contributed by atoms with van der Waals surface area (Å²) in [6.45, 7) is 6.75. The van der Waals surface area contributed by atoms with Gasteiger partial charge in [-0.2, -0.15) is 0 Å². The molecule has 0 saturated heterocycles. The quantitative estimate of drug-likeness (QED) is 0.633. The van der Waals surface area contributed by atoms with Gasteiger partial charge in [0.05, 0.1) is 0 Å². The van der Waals surface area contributed by atoms with E-state index in [0.717, 1.165) is 19.6 Å². The van der Waals surface area contributed by atoms with Crippen molar-refractivity contribution < 1.29 is 0 Å². The first-order chi connectivity index (χ1) is 6.22.